The molecule has 1 aliphatic heterocycles. The van der Waals surface area contributed by atoms with Crippen LogP contribution in [-0.4, -0.2) is 56.1 Å². The topological polar surface area (TPSA) is 32.5 Å². The van der Waals surface area contributed by atoms with Gasteiger partial charge in [-0.05, 0) is 71.8 Å². The van der Waals surface area contributed by atoms with E-state index in [9.17, 15) is 0 Å². The van der Waals surface area contributed by atoms with Crippen LogP contribution in [0.15, 0.2) is 0 Å². The minimum Gasteiger partial charge on any atom is -0.330 e. The van der Waals surface area contributed by atoms with Gasteiger partial charge in [0.25, 0.3) is 0 Å². The second-order valence-electron chi connectivity index (χ2n) is 6.03. The molecule has 1 heterocycles. The molecule has 0 aromatic carbocycles. The Balaban J connectivity index is 2.10. The molecule has 108 valence electrons. The zero-order valence-electron chi connectivity index (χ0n) is 12.7. The molecule has 1 aliphatic rings. The molecule has 0 spiro atoms. The van der Waals surface area contributed by atoms with Gasteiger partial charge in [0.15, 0.2) is 0 Å². The monoisotopic (exact) mass is 255 g/mol. The molecule has 0 bridgehead atoms. The fourth-order valence-electron chi connectivity index (χ4n) is 3.10. The average Bonchev–Trinajstić information content (AvgIpc) is 2.74. The first-order chi connectivity index (χ1) is 8.67. The number of nitrogens with two attached hydrogens (primary N) is 1. The third kappa shape index (κ3) is 5.68. The molecule has 0 aromatic heterocycles. The molecule has 0 saturated carbocycles. The van der Waals surface area contributed by atoms with E-state index in [1.165, 1.54) is 58.2 Å². The van der Waals surface area contributed by atoms with Gasteiger partial charge in [0, 0.05) is 12.6 Å². The number of hydrogen-bond donors (Lipinski definition) is 1. The van der Waals surface area contributed by atoms with Gasteiger partial charge in [0.05, 0.1) is 0 Å². The van der Waals surface area contributed by atoms with Crippen molar-refractivity contribution in [1.82, 2.24) is 9.80 Å². The van der Waals surface area contributed by atoms with E-state index in [1.54, 1.807) is 0 Å². The highest BCUT2D eigenvalue weighted by Gasteiger charge is 2.21. The van der Waals surface area contributed by atoms with E-state index in [-0.39, 0.29) is 0 Å². The van der Waals surface area contributed by atoms with Crippen molar-refractivity contribution in [2.45, 2.75) is 51.5 Å². The quantitative estimate of drug-likeness (QED) is 0.685. The zero-order chi connectivity index (χ0) is 13.4. The van der Waals surface area contributed by atoms with E-state index in [4.69, 9.17) is 5.73 Å². The molecular weight excluding hydrogens is 222 g/mol. The molecule has 18 heavy (non-hydrogen) atoms. The highest BCUT2D eigenvalue weighted by atomic mass is 15.2. The van der Waals surface area contributed by atoms with Crippen molar-refractivity contribution in [2.24, 2.45) is 11.7 Å². The van der Waals surface area contributed by atoms with Crippen LogP contribution in [0.25, 0.3) is 0 Å². The summed E-state index contributed by atoms with van der Waals surface area (Å²) in [7, 11) is 4.54. The molecule has 0 aromatic rings. The van der Waals surface area contributed by atoms with Gasteiger partial charge in [-0.2, -0.15) is 0 Å². The summed E-state index contributed by atoms with van der Waals surface area (Å²) in [6, 6.07) is 0.793. The predicted molar refractivity (Wildman–Crippen MR) is 79.8 cm³/mol. The molecule has 3 nitrogen and oxygen atoms in total. The summed E-state index contributed by atoms with van der Waals surface area (Å²) in [5.41, 5.74) is 5.64. The van der Waals surface area contributed by atoms with Gasteiger partial charge in [0.2, 0.25) is 0 Å². The Hall–Kier alpha value is -0.120. The molecule has 1 rings (SSSR count). The molecule has 1 fully saturated rings. The lowest BCUT2D eigenvalue weighted by Crippen LogP contribution is -2.37. The molecule has 2 unspecified atom stereocenters. The van der Waals surface area contributed by atoms with Crippen molar-refractivity contribution < 1.29 is 0 Å². The molecule has 0 radical (unpaired) electrons. The number of nitrogens with zero attached hydrogens (tertiary/aromatic N) is 2. The van der Waals surface area contributed by atoms with Crippen LogP contribution >= 0.6 is 0 Å². The van der Waals surface area contributed by atoms with Gasteiger partial charge >= 0.3 is 0 Å². The number of hydrogen-bond acceptors (Lipinski definition) is 3. The second-order valence-corrected chi connectivity index (χ2v) is 6.03. The van der Waals surface area contributed by atoms with Gasteiger partial charge in [-0.1, -0.05) is 13.3 Å². The second kappa shape index (κ2) is 8.89. The molecule has 0 amide bonds. The van der Waals surface area contributed by atoms with Crippen molar-refractivity contribution in [3.05, 3.63) is 0 Å². The zero-order valence-corrected chi connectivity index (χ0v) is 12.7. The number of rotatable bonds is 9. The fraction of sp³-hybridized carbons (Fsp3) is 1.00. The summed E-state index contributed by atoms with van der Waals surface area (Å²) < 4.78 is 0. The van der Waals surface area contributed by atoms with Gasteiger partial charge in [-0.25, -0.2) is 0 Å². The third-order valence-electron chi connectivity index (χ3n) is 4.50. The lowest BCUT2D eigenvalue weighted by Gasteiger charge is -2.26. The summed E-state index contributed by atoms with van der Waals surface area (Å²) in [5, 5.41) is 0. The van der Waals surface area contributed by atoms with Gasteiger partial charge < -0.3 is 15.5 Å². The molecule has 3 heteroatoms. The minimum atomic E-state index is 0.793. The van der Waals surface area contributed by atoms with Crippen molar-refractivity contribution in [1.29, 1.82) is 0 Å². The standard InChI is InChI=1S/C15H33N3/c1-4-14(9-10-16)7-5-11-17(2)13-15-8-6-12-18(15)3/h14-15H,4-13,16H2,1-3H3. The Labute approximate surface area is 114 Å². The van der Waals surface area contributed by atoms with Crippen LogP contribution in [0.5, 0.6) is 0 Å². The molecular formula is C15H33N3. The Morgan fingerprint density at radius 1 is 1.39 bits per heavy atom. The maximum absolute atomic E-state index is 5.64. The van der Waals surface area contributed by atoms with Crippen LogP contribution in [-0.2, 0) is 0 Å². The number of likely N-dealkylation sites (N-methyl/N-ethyl adjacent to an activating group) is 2. The van der Waals surface area contributed by atoms with E-state index in [2.05, 4.69) is 30.8 Å². The highest BCUT2D eigenvalue weighted by molar-refractivity contribution is 4.78. The smallest absolute Gasteiger partial charge is 0.0220 e. The Morgan fingerprint density at radius 3 is 2.72 bits per heavy atom. The SMILES string of the molecule is CCC(CCN)CCCN(C)CC1CCCN1C. The van der Waals surface area contributed by atoms with Gasteiger partial charge in [-0.15, -0.1) is 0 Å². The highest BCUT2D eigenvalue weighted by Crippen LogP contribution is 2.17. The summed E-state index contributed by atoms with van der Waals surface area (Å²) >= 11 is 0. The van der Waals surface area contributed by atoms with Crippen LogP contribution in [0.3, 0.4) is 0 Å². The first-order valence-corrected chi connectivity index (χ1v) is 7.76. The van der Waals surface area contributed by atoms with Gasteiger partial charge in [0.1, 0.15) is 0 Å². The Morgan fingerprint density at radius 2 is 2.17 bits per heavy atom. The minimum absolute atomic E-state index is 0.793. The maximum atomic E-state index is 5.64. The van der Waals surface area contributed by atoms with E-state index >= 15 is 0 Å². The summed E-state index contributed by atoms with van der Waals surface area (Å²) in [6.07, 6.45) is 7.91. The van der Waals surface area contributed by atoms with Crippen LogP contribution < -0.4 is 5.73 Å². The van der Waals surface area contributed by atoms with E-state index in [0.717, 1.165) is 18.5 Å². The first kappa shape index (κ1) is 15.9. The van der Waals surface area contributed by atoms with E-state index < -0.39 is 0 Å². The van der Waals surface area contributed by atoms with Crippen LogP contribution in [0.1, 0.15) is 45.4 Å². The van der Waals surface area contributed by atoms with Crippen LogP contribution in [0, 0.1) is 5.92 Å². The molecule has 1 saturated heterocycles. The largest absolute Gasteiger partial charge is 0.330 e. The van der Waals surface area contributed by atoms with Crippen molar-refractivity contribution in [3.63, 3.8) is 0 Å². The Bertz CT molecular complexity index is 208. The van der Waals surface area contributed by atoms with E-state index in [1.807, 2.05) is 0 Å². The summed E-state index contributed by atoms with van der Waals surface area (Å²) in [6.45, 7) is 6.90. The summed E-state index contributed by atoms with van der Waals surface area (Å²) in [5.74, 6) is 0.845. The lowest BCUT2D eigenvalue weighted by atomic mass is 9.96. The molecule has 0 aliphatic carbocycles. The first-order valence-electron chi connectivity index (χ1n) is 7.76. The normalized spacial score (nSPS) is 22.8. The van der Waals surface area contributed by atoms with Crippen LogP contribution in [0.2, 0.25) is 0 Å². The predicted octanol–water partition coefficient (Wildman–Crippen LogP) is 2.17. The van der Waals surface area contributed by atoms with Crippen molar-refractivity contribution in [3.8, 4) is 0 Å². The molecule has 2 N–H and O–H groups in total. The summed E-state index contributed by atoms with van der Waals surface area (Å²) in [4.78, 5) is 5.03. The van der Waals surface area contributed by atoms with Crippen LogP contribution in [0.4, 0.5) is 0 Å². The third-order valence-corrected chi connectivity index (χ3v) is 4.50. The van der Waals surface area contributed by atoms with Gasteiger partial charge in [-0.3, -0.25) is 0 Å². The fourth-order valence-corrected chi connectivity index (χ4v) is 3.10. The number of likely N-dealkylation sites (tertiary alicyclic amines) is 1. The lowest BCUT2D eigenvalue weighted by molar-refractivity contribution is 0.214. The maximum Gasteiger partial charge on any atom is 0.0220 e. The average molecular weight is 255 g/mol. The Kier molecular flexibility index (Phi) is 7.87. The van der Waals surface area contributed by atoms with Crippen molar-refractivity contribution >= 4 is 0 Å². The van der Waals surface area contributed by atoms with Crippen molar-refractivity contribution in [2.75, 3.05) is 40.3 Å². The van der Waals surface area contributed by atoms with E-state index in [0.29, 0.717) is 0 Å². The molecule has 2 atom stereocenters.